The first kappa shape index (κ1) is 17.8. The maximum absolute atomic E-state index is 5.67. The molecule has 3 aromatic rings. The fourth-order valence-electron chi connectivity index (χ4n) is 2.20. The van der Waals surface area contributed by atoms with Gasteiger partial charge in [0.05, 0.1) is 7.11 Å². The first-order valence-corrected chi connectivity index (χ1v) is 9.39. The number of halogens is 1. The summed E-state index contributed by atoms with van der Waals surface area (Å²) in [6.45, 7) is 2.27. The highest BCUT2D eigenvalue weighted by Crippen LogP contribution is 2.29. The molecule has 1 heterocycles. The average Bonchev–Trinajstić information content (AvgIpc) is 3.06. The van der Waals surface area contributed by atoms with Crippen LogP contribution in [-0.4, -0.2) is 17.3 Å². The molecule has 0 unspecified atom stereocenters. The van der Waals surface area contributed by atoms with E-state index in [4.69, 9.17) is 13.9 Å². The Hall–Kier alpha value is -1.99. The lowest BCUT2D eigenvalue weighted by Gasteiger charge is -2.07. The molecule has 0 saturated heterocycles. The highest BCUT2D eigenvalue weighted by Gasteiger charge is 2.10. The zero-order chi connectivity index (χ0) is 17.6. The zero-order valence-electron chi connectivity index (χ0n) is 13.9. The van der Waals surface area contributed by atoms with E-state index in [-0.39, 0.29) is 6.61 Å². The van der Waals surface area contributed by atoms with Crippen LogP contribution in [0.3, 0.4) is 0 Å². The summed E-state index contributed by atoms with van der Waals surface area (Å²) >= 11 is 4.93. The smallest absolute Gasteiger partial charge is 0.277 e. The summed E-state index contributed by atoms with van der Waals surface area (Å²) < 4.78 is 17.7. The Morgan fingerprint density at radius 1 is 1.16 bits per heavy atom. The van der Waals surface area contributed by atoms with E-state index in [2.05, 4.69) is 26.1 Å². The van der Waals surface area contributed by atoms with Crippen LogP contribution in [0.2, 0.25) is 0 Å². The van der Waals surface area contributed by atoms with E-state index in [0.29, 0.717) is 16.9 Å². The van der Waals surface area contributed by atoms with Gasteiger partial charge in [0.1, 0.15) is 11.5 Å². The van der Waals surface area contributed by atoms with Crippen LogP contribution < -0.4 is 9.47 Å². The summed E-state index contributed by atoms with van der Waals surface area (Å²) in [6.07, 6.45) is 0. The first-order valence-electron chi connectivity index (χ1n) is 7.61. The van der Waals surface area contributed by atoms with Crippen molar-refractivity contribution in [2.75, 3.05) is 7.11 Å². The minimum absolute atomic E-state index is 0.247. The van der Waals surface area contributed by atoms with Crippen molar-refractivity contribution >= 4 is 27.7 Å². The molecular weight excluding hydrogens is 404 g/mol. The summed E-state index contributed by atoms with van der Waals surface area (Å²) in [4.78, 5) is 0. The van der Waals surface area contributed by atoms with Crippen molar-refractivity contribution < 1.29 is 13.9 Å². The van der Waals surface area contributed by atoms with Crippen LogP contribution in [0.5, 0.6) is 11.5 Å². The first-order chi connectivity index (χ1) is 12.1. The second-order valence-corrected chi connectivity index (χ2v) is 7.15. The number of ether oxygens (including phenoxy) is 2. The largest absolute Gasteiger partial charge is 0.496 e. The monoisotopic (exact) mass is 420 g/mol. The summed E-state index contributed by atoms with van der Waals surface area (Å²) in [5.74, 6) is 2.73. The molecule has 5 nitrogen and oxygen atoms in total. The average molecular weight is 421 g/mol. The van der Waals surface area contributed by atoms with E-state index in [1.54, 1.807) is 7.11 Å². The molecule has 0 spiro atoms. The molecule has 3 rings (SSSR count). The number of nitrogens with zero attached hydrogens (tertiary/aromatic N) is 2. The van der Waals surface area contributed by atoms with Gasteiger partial charge in [0.25, 0.3) is 11.1 Å². The molecule has 0 aliphatic carbocycles. The minimum atomic E-state index is 0.247. The van der Waals surface area contributed by atoms with Gasteiger partial charge in [-0.25, -0.2) is 0 Å². The van der Waals surface area contributed by atoms with Crippen molar-refractivity contribution in [3.8, 4) is 11.5 Å². The van der Waals surface area contributed by atoms with E-state index in [1.807, 2.05) is 49.4 Å². The summed E-state index contributed by atoms with van der Waals surface area (Å²) in [6, 6.07) is 13.7. The molecule has 0 atom stereocenters. The van der Waals surface area contributed by atoms with E-state index in [1.165, 1.54) is 11.8 Å². The second kappa shape index (κ2) is 8.40. The molecule has 0 bridgehead atoms. The van der Waals surface area contributed by atoms with Crippen LogP contribution >= 0.6 is 27.7 Å². The molecule has 25 heavy (non-hydrogen) atoms. The predicted molar refractivity (Wildman–Crippen MR) is 100 cm³/mol. The minimum Gasteiger partial charge on any atom is -0.496 e. The highest BCUT2D eigenvalue weighted by atomic mass is 79.9. The van der Waals surface area contributed by atoms with Crippen molar-refractivity contribution in [3.63, 3.8) is 0 Å². The van der Waals surface area contributed by atoms with Gasteiger partial charge in [-0.2, -0.15) is 0 Å². The molecular formula is C18H17BrN2O3S. The molecule has 130 valence electrons. The maximum Gasteiger partial charge on any atom is 0.277 e. The normalized spacial score (nSPS) is 10.7. The highest BCUT2D eigenvalue weighted by molar-refractivity contribution is 9.10. The van der Waals surface area contributed by atoms with Gasteiger partial charge in [-0.1, -0.05) is 39.8 Å². The van der Waals surface area contributed by atoms with Gasteiger partial charge < -0.3 is 13.9 Å². The molecule has 7 heteroatoms. The predicted octanol–water partition coefficient (Wildman–Crippen LogP) is 5.02. The molecule has 0 radical (unpaired) electrons. The van der Waals surface area contributed by atoms with Crippen molar-refractivity contribution in [2.45, 2.75) is 24.5 Å². The third-order valence-electron chi connectivity index (χ3n) is 3.39. The molecule has 0 N–H and O–H groups in total. The Kier molecular flexibility index (Phi) is 5.99. The quantitative estimate of drug-likeness (QED) is 0.500. The van der Waals surface area contributed by atoms with Crippen LogP contribution in [0.25, 0.3) is 0 Å². The molecule has 2 aromatic carbocycles. The van der Waals surface area contributed by atoms with Gasteiger partial charge in [-0.15, -0.1) is 10.2 Å². The Morgan fingerprint density at radius 2 is 2.04 bits per heavy atom. The SMILES string of the molecule is COc1ccc(Br)cc1CSc1nnc(COc2cccc(C)c2)o1. The van der Waals surface area contributed by atoms with Crippen molar-refractivity contribution in [2.24, 2.45) is 0 Å². The van der Waals surface area contributed by atoms with Gasteiger partial charge in [0.2, 0.25) is 0 Å². The van der Waals surface area contributed by atoms with Gasteiger partial charge in [0.15, 0.2) is 6.61 Å². The molecule has 0 fully saturated rings. The van der Waals surface area contributed by atoms with Crippen molar-refractivity contribution in [1.29, 1.82) is 0 Å². The molecule has 0 saturated carbocycles. The van der Waals surface area contributed by atoms with E-state index in [9.17, 15) is 0 Å². The van der Waals surface area contributed by atoms with Gasteiger partial charge in [-0.3, -0.25) is 0 Å². The van der Waals surface area contributed by atoms with E-state index >= 15 is 0 Å². The summed E-state index contributed by atoms with van der Waals surface area (Å²) in [7, 11) is 1.66. The van der Waals surface area contributed by atoms with Crippen molar-refractivity contribution in [3.05, 3.63) is 64.0 Å². The Morgan fingerprint density at radius 3 is 2.84 bits per heavy atom. The fraction of sp³-hybridized carbons (Fsp3) is 0.222. The number of hydrogen-bond donors (Lipinski definition) is 0. The Labute approximate surface area is 158 Å². The van der Waals surface area contributed by atoms with Crippen LogP contribution in [0.15, 0.2) is 56.6 Å². The summed E-state index contributed by atoms with van der Waals surface area (Å²) in [5.41, 5.74) is 2.19. The standard InChI is InChI=1S/C18H17BrN2O3S/c1-12-4-3-5-15(8-12)23-10-17-20-21-18(24-17)25-11-13-9-14(19)6-7-16(13)22-2/h3-9H,10-11H2,1-2H3. The van der Waals surface area contributed by atoms with Crippen LogP contribution in [0.1, 0.15) is 17.0 Å². The third kappa shape index (κ3) is 4.99. The third-order valence-corrected chi connectivity index (χ3v) is 4.75. The molecule has 0 amide bonds. The Bertz CT molecular complexity index is 854. The van der Waals surface area contributed by atoms with Gasteiger partial charge in [-0.05, 0) is 42.8 Å². The number of aryl methyl sites for hydroxylation is 1. The van der Waals surface area contributed by atoms with Gasteiger partial charge >= 0.3 is 0 Å². The lowest BCUT2D eigenvalue weighted by Crippen LogP contribution is -1.95. The zero-order valence-corrected chi connectivity index (χ0v) is 16.3. The van der Waals surface area contributed by atoms with E-state index < -0.39 is 0 Å². The molecule has 0 aliphatic rings. The van der Waals surface area contributed by atoms with Crippen LogP contribution in [0, 0.1) is 6.92 Å². The number of benzene rings is 2. The summed E-state index contributed by atoms with van der Waals surface area (Å²) in [5, 5.41) is 8.58. The van der Waals surface area contributed by atoms with Crippen molar-refractivity contribution in [1.82, 2.24) is 10.2 Å². The number of aromatic nitrogens is 2. The lowest BCUT2D eigenvalue weighted by molar-refractivity contribution is 0.252. The number of thioether (sulfide) groups is 1. The Balaban J connectivity index is 1.58. The topological polar surface area (TPSA) is 57.4 Å². The fourth-order valence-corrected chi connectivity index (χ4v) is 3.37. The number of hydrogen-bond acceptors (Lipinski definition) is 6. The second-order valence-electron chi connectivity index (χ2n) is 5.31. The van der Waals surface area contributed by atoms with E-state index in [0.717, 1.165) is 27.1 Å². The molecule has 1 aromatic heterocycles. The lowest BCUT2D eigenvalue weighted by atomic mass is 10.2. The van der Waals surface area contributed by atoms with Crippen LogP contribution in [0.4, 0.5) is 0 Å². The van der Waals surface area contributed by atoms with Gasteiger partial charge in [0, 0.05) is 15.8 Å². The molecule has 0 aliphatic heterocycles. The number of methoxy groups -OCH3 is 1. The van der Waals surface area contributed by atoms with Crippen LogP contribution in [-0.2, 0) is 12.4 Å². The number of rotatable bonds is 7. The maximum atomic E-state index is 5.67.